The lowest BCUT2D eigenvalue weighted by molar-refractivity contribution is 0.0938. The summed E-state index contributed by atoms with van der Waals surface area (Å²) in [6.07, 6.45) is 3.70. The highest BCUT2D eigenvalue weighted by atomic mass is 32.1. The summed E-state index contributed by atoms with van der Waals surface area (Å²) in [4.78, 5) is 27.4. The van der Waals surface area contributed by atoms with Crippen LogP contribution >= 0.6 is 11.3 Å². The molecule has 1 aliphatic heterocycles. The van der Waals surface area contributed by atoms with Crippen LogP contribution in [-0.2, 0) is 6.61 Å². The van der Waals surface area contributed by atoms with Crippen LogP contribution in [0.3, 0.4) is 0 Å². The molecule has 0 aliphatic carbocycles. The van der Waals surface area contributed by atoms with Gasteiger partial charge in [0.2, 0.25) is 5.01 Å². The fraction of sp³-hybridized carbons (Fsp3) is 0.360. The molecule has 2 amide bonds. The van der Waals surface area contributed by atoms with Crippen LogP contribution in [0, 0.1) is 5.82 Å². The second-order valence-corrected chi connectivity index (χ2v) is 9.47. The SMILES string of the molecule is C[C@H]1CCCCN1CCNC(=O)c1ccc(NC(=O)c2nnc(COc3ccc(F)cc3)s2)cc1. The fourth-order valence-electron chi connectivity index (χ4n) is 3.87. The van der Waals surface area contributed by atoms with Crippen LogP contribution in [-0.4, -0.2) is 52.6 Å². The van der Waals surface area contributed by atoms with E-state index in [4.69, 9.17) is 4.74 Å². The van der Waals surface area contributed by atoms with Gasteiger partial charge >= 0.3 is 0 Å². The molecule has 4 rings (SSSR count). The van der Waals surface area contributed by atoms with Crippen molar-refractivity contribution in [2.75, 3.05) is 25.0 Å². The number of rotatable bonds is 9. The number of aromatic nitrogens is 2. The van der Waals surface area contributed by atoms with Gasteiger partial charge in [-0.3, -0.25) is 14.5 Å². The van der Waals surface area contributed by atoms with Gasteiger partial charge in [-0.05, 0) is 74.8 Å². The highest BCUT2D eigenvalue weighted by Gasteiger charge is 2.18. The third-order valence-corrected chi connectivity index (χ3v) is 6.76. The number of likely N-dealkylation sites (tertiary alicyclic amines) is 1. The summed E-state index contributed by atoms with van der Waals surface area (Å²) < 4.78 is 18.5. The molecule has 0 bridgehead atoms. The molecule has 1 aromatic heterocycles. The summed E-state index contributed by atoms with van der Waals surface area (Å²) in [6.45, 7) is 4.89. The van der Waals surface area contributed by atoms with Crippen LogP contribution < -0.4 is 15.4 Å². The molecule has 0 unspecified atom stereocenters. The van der Waals surface area contributed by atoms with E-state index in [-0.39, 0.29) is 23.3 Å². The first-order chi connectivity index (χ1) is 17.0. The van der Waals surface area contributed by atoms with Crippen LogP contribution in [0.2, 0.25) is 0 Å². The Bertz CT molecular complexity index is 1140. The number of carbonyl (C=O) groups is 2. The number of ether oxygens (including phenoxy) is 1. The van der Waals surface area contributed by atoms with E-state index in [1.807, 2.05) is 0 Å². The maximum Gasteiger partial charge on any atom is 0.286 e. The zero-order valence-corrected chi connectivity index (χ0v) is 20.3. The molecular formula is C25H28FN5O3S. The molecule has 3 aromatic rings. The first-order valence-electron chi connectivity index (χ1n) is 11.6. The molecule has 1 fully saturated rings. The quantitative estimate of drug-likeness (QED) is 0.462. The van der Waals surface area contributed by atoms with Gasteiger partial charge in [-0.2, -0.15) is 0 Å². The number of piperidine rings is 1. The molecule has 2 heterocycles. The van der Waals surface area contributed by atoms with Gasteiger partial charge < -0.3 is 15.4 Å². The van der Waals surface area contributed by atoms with Gasteiger partial charge in [-0.15, -0.1) is 10.2 Å². The third kappa shape index (κ3) is 7.06. The average Bonchev–Trinajstić information content (AvgIpc) is 3.35. The molecule has 10 heteroatoms. The highest BCUT2D eigenvalue weighted by molar-refractivity contribution is 7.13. The van der Waals surface area contributed by atoms with E-state index in [1.165, 1.54) is 43.5 Å². The van der Waals surface area contributed by atoms with E-state index < -0.39 is 5.91 Å². The van der Waals surface area contributed by atoms with Crippen molar-refractivity contribution < 1.29 is 18.7 Å². The molecule has 0 saturated carbocycles. The smallest absolute Gasteiger partial charge is 0.286 e. The maximum absolute atomic E-state index is 13.0. The minimum Gasteiger partial charge on any atom is -0.486 e. The van der Waals surface area contributed by atoms with Crippen molar-refractivity contribution in [1.82, 2.24) is 20.4 Å². The molecule has 35 heavy (non-hydrogen) atoms. The van der Waals surface area contributed by atoms with E-state index in [2.05, 4.69) is 32.7 Å². The Morgan fingerprint density at radius 2 is 1.86 bits per heavy atom. The van der Waals surface area contributed by atoms with Crippen LogP contribution in [0.1, 0.15) is 51.4 Å². The van der Waals surface area contributed by atoms with Crippen molar-refractivity contribution in [3.8, 4) is 5.75 Å². The van der Waals surface area contributed by atoms with Crippen LogP contribution in [0.4, 0.5) is 10.1 Å². The Morgan fingerprint density at radius 1 is 1.09 bits per heavy atom. The number of anilines is 1. The van der Waals surface area contributed by atoms with Crippen molar-refractivity contribution in [1.29, 1.82) is 0 Å². The second-order valence-electron chi connectivity index (χ2n) is 8.41. The monoisotopic (exact) mass is 497 g/mol. The maximum atomic E-state index is 13.0. The van der Waals surface area contributed by atoms with E-state index in [0.29, 0.717) is 34.6 Å². The molecule has 0 spiro atoms. The van der Waals surface area contributed by atoms with Gasteiger partial charge in [0.1, 0.15) is 18.2 Å². The number of nitrogens with zero attached hydrogens (tertiary/aromatic N) is 3. The van der Waals surface area contributed by atoms with Crippen molar-refractivity contribution in [3.63, 3.8) is 0 Å². The van der Waals surface area contributed by atoms with Crippen LogP contribution in [0.25, 0.3) is 0 Å². The summed E-state index contributed by atoms with van der Waals surface area (Å²) in [5, 5.41) is 14.3. The van der Waals surface area contributed by atoms with Gasteiger partial charge in [0.25, 0.3) is 11.8 Å². The van der Waals surface area contributed by atoms with Gasteiger partial charge in [-0.1, -0.05) is 17.8 Å². The molecule has 2 N–H and O–H groups in total. The summed E-state index contributed by atoms with van der Waals surface area (Å²) in [7, 11) is 0. The molecule has 1 saturated heterocycles. The van der Waals surface area contributed by atoms with Crippen LogP contribution in [0.5, 0.6) is 5.75 Å². The lowest BCUT2D eigenvalue weighted by Crippen LogP contribution is -2.42. The minimum absolute atomic E-state index is 0.122. The number of halogens is 1. The fourth-order valence-corrected chi connectivity index (χ4v) is 4.52. The van der Waals surface area contributed by atoms with Crippen molar-refractivity contribution in [3.05, 3.63) is 69.9 Å². The number of nitrogens with one attached hydrogen (secondary N) is 2. The zero-order chi connectivity index (χ0) is 24.6. The minimum atomic E-state index is -0.400. The van der Waals surface area contributed by atoms with E-state index in [0.717, 1.165) is 24.4 Å². The van der Waals surface area contributed by atoms with Gasteiger partial charge in [-0.25, -0.2) is 4.39 Å². The predicted molar refractivity (Wildman–Crippen MR) is 132 cm³/mol. The summed E-state index contributed by atoms with van der Waals surface area (Å²) in [5.41, 5.74) is 1.08. The third-order valence-electron chi connectivity index (χ3n) is 5.87. The Balaban J connectivity index is 1.23. The Kier molecular flexibility index (Phi) is 8.38. The number of benzene rings is 2. The van der Waals surface area contributed by atoms with E-state index in [1.54, 1.807) is 24.3 Å². The predicted octanol–water partition coefficient (Wildman–Crippen LogP) is 4.11. The molecule has 2 aromatic carbocycles. The zero-order valence-electron chi connectivity index (χ0n) is 19.5. The van der Waals surface area contributed by atoms with Gasteiger partial charge in [0.15, 0.2) is 5.01 Å². The van der Waals surface area contributed by atoms with E-state index >= 15 is 0 Å². The van der Waals surface area contributed by atoms with Gasteiger partial charge in [0.05, 0.1) is 0 Å². The molecule has 8 nitrogen and oxygen atoms in total. The molecular weight excluding hydrogens is 469 g/mol. The largest absolute Gasteiger partial charge is 0.486 e. The molecule has 1 atom stereocenters. The van der Waals surface area contributed by atoms with Crippen molar-refractivity contribution in [2.24, 2.45) is 0 Å². The van der Waals surface area contributed by atoms with Crippen molar-refractivity contribution >= 4 is 28.8 Å². The second kappa shape index (κ2) is 11.9. The highest BCUT2D eigenvalue weighted by Crippen LogP contribution is 2.18. The lowest BCUT2D eigenvalue weighted by Gasteiger charge is -2.33. The molecule has 1 aliphatic rings. The normalized spacial score (nSPS) is 16.0. The molecule has 0 radical (unpaired) electrons. The lowest BCUT2D eigenvalue weighted by atomic mass is 10.0. The number of carbonyl (C=O) groups excluding carboxylic acids is 2. The first-order valence-corrected chi connectivity index (χ1v) is 12.4. The Hall–Kier alpha value is -3.37. The van der Waals surface area contributed by atoms with E-state index in [9.17, 15) is 14.0 Å². The topological polar surface area (TPSA) is 96.5 Å². The Labute approximate surface area is 207 Å². The average molecular weight is 498 g/mol. The number of amides is 2. The number of hydrogen-bond donors (Lipinski definition) is 2. The summed E-state index contributed by atoms with van der Waals surface area (Å²) >= 11 is 1.11. The van der Waals surface area contributed by atoms with Crippen LogP contribution in [0.15, 0.2) is 48.5 Å². The summed E-state index contributed by atoms with van der Waals surface area (Å²) in [5.74, 6) is -0.382. The number of hydrogen-bond acceptors (Lipinski definition) is 7. The van der Waals surface area contributed by atoms with Crippen molar-refractivity contribution in [2.45, 2.75) is 38.8 Å². The Morgan fingerprint density at radius 3 is 2.60 bits per heavy atom. The van der Waals surface area contributed by atoms with Gasteiger partial charge in [0, 0.05) is 30.4 Å². The summed E-state index contributed by atoms with van der Waals surface area (Å²) in [6, 6.07) is 12.9. The standard InChI is InChI=1S/C25H28FN5O3S/c1-17-4-2-3-14-31(17)15-13-27-23(32)18-5-9-20(10-6-18)28-24(33)25-30-29-22(35-25)16-34-21-11-7-19(26)8-12-21/h5-12,17H,2-4,13-16H2,1H3,(H,27,32)(H,28,33)/t17-/m0/s1. The molecule has 184 valence electrons. The first kappa shape index (κ1) is 24.7.